The average Bonchev–Trinajstić information content (AvgIpc) is 2.80. The van der Waals surface area contributed by atoms with E-state index in [1.165, 1.54) is 0 Å². The predicted molar refractivity (Wildman–Crippen MR) is 80.1 cm³/mol. The van der Waals surface area contributed by atoms with E-state index in [0.717, 1.165) is 28.8 Å². The molecule has 0 radical (unpaired) electrons. The number of nitrogens with two attached hydrogens (primary N) is 1. The molecule has 6 heteroatoms. The molecule has 1 aromatic carbocycles. The predicted octanol–water partition coefficient (Wildman–Crippen LogP) is 3.35. The Kier molecular flexibility index (Phi) is 4.96. The number of aryl methyl sites for hydroxylation is 1. The normalized spacial score (nSPS) is 12.6. The van der Waals surface area contributed by atoms with E-state index < -0.39 is 0 Å². The molecule has 0 amide bonds. The third kappa shape index (κ3) is 3.35. The third-order valence-corrected chi connectivity index (χ3v) is 4.23. The molecular weight excluding hydrogens is 328 g/mol. The van der Waals surface area contributed by atoms with Crippen molar-refractivity contribution in [2.45, 2.75) is 32.4 Å². The van der Waals surface area contributed by atoms with E-state index in [9.17, 15) is 0 Å². The molecule has 2 aromatic rings. The summed E-state index contributed by atoms with van der Waals surface area (Å²) >= 11 is 9.67. The molecule has 1 aromatic heterocycles. The minimum absolute atomic E-state index is 0.190. The van der Waals surface area contributed by atoms with Crippen LogP contribution in [0.3, 0.4) is 0 Å². The van der Waals surface area contributed by atoms with E-state index in [4.69, 9.17) is 17.3 Å². The average molecular weight is 344 g/mol. The van der Waals surface area contributed by atoms with Crippen LogP contribution in [0.4, 0.5) is 0 Å². The summed E-state index contributed by atoms with van der Waals surface area (Å²) in [4.78, 5) is 4.27. The largest absolute Gasteiger partial charge is 0.324 e. The summed E-state index contributed by atoms with van der Waals surface area (Å²) in [6.07, 6.45) is 3.21. The topological polar surface area (TPSA) is 56.7 Å². The van der Waals surface area contributed by atoms with E-state index in [1.54, 1.807) is 6.33 Å². The minimum atomic E-state index is -0.190. The van der Waals surface area contributed by atoms with Gasteiger partial charge in [-0.2, -0.15) is 5.10 Å². The quantitative estimate of drug-likeness (QED) is 0.906. The fourth-order valence-corrected chi connectivity index (χ4v) is 2.61. The maximum absolute atomic E-state index is 6.26. The van der Waals surface area contributed by atoms with Crippen LogP contribution in [0.5, 0.6) is 0 Å². The van der Waals surface area contributed by atoms with Gasteiger partial charge in [-0.15, -0.1) is 0 Å². The summed E-state index contributed by atoms with van der Waals surface area (Å²) in [5, 5.41) is 4.86. The van der Waals surface area contributed by atoms with Crippen molar-refractivity contribution in [3.05, 3.63) is 45.4 Å². The van der Waals surface area contributed by atoms with E-state index in [2.05, 4.69) is 32.9 Å². The van der Waals surface area contributed by atoms with Crippen molar-refractivity contribution >= 4 is 27.5 Å². The highest BCUT2D eigenvalue weighted by Gasteiger charge is 2.15. The molecule has 0 saturated carbocycles. The van der Waals surface area contributed by atoms with Gasteiger partial charge in [0.05, 0.1) is 5.02 Å². The van der Waals surface area contributed by atoms with Crippen LogP contribution in [0.2, 0.25) is 5.02 Å². The Balaban J connectivity index is 2.18. The SMILES string of the molecule is CCCn1ncnc1CC(N)c1cccc(Br)c1Cl. The van der Waals surface area contributed by atoms with E-state index >= 15 is 0 Å². The molecule has 1 atom stereocenters. The number of hydrogen-bond acceptors (Lipinski definition) is 3. The van der Waals surface area contributed by atoms with Crippen LogP contribution in [-0.4, -0.2) is 14.8 Å². The second kappa shape index (κ2) is 6.50. The van der Waals surface area contributed by atoms with Gasteiger partial charge >= 0.3 is 0 Å². The molecule has 0 spiro atoms. The number of benzene rings is 1. The van der Waals surface area contributed by atoms with Gasteiger partial charge in [0.25, 0.3) is 0 Å². The maximum Gasteiger partial charge on any atom is 0.138 e. The molecule has 102 valence electrons. The zero-order chi connectivity index (χ0) is 13.8. The fourth-order valence-electron chi connectivity index (χ4n) is 1.96. The van der Waals surface area contributed by atoms with Crippen LogP contribution < -0.4 is 5.73 Å². The van der Waals surface area contributed by atoms with Crippen molar-refractivity contribution in [1.82, 2.24) is 14.8 Å². The van der Waals surface area contributed by atoms with E-state index in [1.807, 2.05) is 22.9 Å². The number of hydrogen-bond donors (Lipinski definition) is 1. The first-order valence-electron chi connectivity index (χ1n) is 6.19. The first-order valence-corrected chi connectivity index (χ1v) is 7.36. The minimum Gasteiger partial charge on any atom is -0.324 e. The Hall–Kier alpha value is -0.910. The zero-order valence-corrected chi connectivity index (χ0v) is 13.0. The highest BCUT2D eigenvalue weighted by molar-refractivity contribution is 9.10. The Labute approximate surface area is 126 Å². The molecule has 0 bridgehead atoms. The van der Waals surface area contributed by atoms with Gasteiger partial charge in [-0.1, -0.05) is 30.7 Å². The second-order valence-electron chi connectivity index (χ2n) is 4.35. The van der Waals surface area contributed by atoms with Gasteiger partial charge in [-0.3, -0.25) is 4.68 Å². The van der Waals surface area contributed by atoms with Crippen molar-refractivity contribution in [1.29, 1.82) is 0 Å². The lowest BCUT2D eigenvalue weighted by Gasteiger charge is -2.14. The number of halogens is 2. The zero-order valence-electron chi connectivity index (χ0n) is 10.7. The maximum atomic E-state index is 6.26. The molecule has 1 unspecified atom stereocenters. The Morgan fingerprint density at radius 1 is 1.47 bits per heavy atom. The molecule has 19 heavy (non-hydrogen) atoms. The molecule has 0 aliphatic carbocycles. The summed E-state index contributed by atoms with van der Waals surface area (Å²) in [7, 11) is 0. The lowest BCUT2D eigenvalue weighted by atomic mass is 10.0. The molecule has 0 aliphatic rings. The van der Waals surface area contributed by atoms with Crippen molar-refractivity contribution in [2.24, 2.45) is 5.73 Å². The third-order valence-electron chi connectivity index (χ3n) is 2.91. The molecular formula is C13H16BrClN4. The fraction of sp³-hybridized carbons (Fsp3) is 0.385. The van der Waals surface area contributed by atoms with Crippen molar-refractivity contribution in [2.75, 3.05) is 0 Å². The molecule has 1 heterocycles. The summed E-state index contributed by atoms with van der Waals surface area (Å²) in [5.41, 5.74) is 7.15. The van der Waals surface area contributed by atoms with Crippen LogP contribution >= 0.6 is 27.5 Å². The lowest BCUT2D eigenvalue weighted by Crippen LogP contribution is -2.17. The van der Waals surface area contributed by atoms with E-state index in [0.29, 0.717) is 11.4 Å². The number of rotatable bonds is 5. The van der Waals surface area contributed by atoms with Gasteiger partial charge in [-0.05, 0) is 34.0 Å². The van der Waals surface area contributed by atoms with Crippen LogP contribution in [0.25, 0.3) is 0 Å². The second-order valence-corrected chi connectivity index (χ2v) is 5.59. The Morgan fingerprint density at radius 3 is 3.00 bits per heavy atom. The molecule has 4 nitrogen and oxygen atoms in total. The molecule has 2 rings (SSSR count). The van der Waals surface area contributed by atoms with Gasteiger partial charge in [0, 0.05) is 23.5 Å². The summed E-state index contributed by atoms with van der Waals surface area (Å²) in [6.45, 7) is 2.96. The summed E-state index contributed by atoms with van der Waals surface area (Å²) in [5.74, 6) is 0.894. The highest BCUT2D eigenvalue weighted by Crippen LogP contribution is 2.30. The first kappa shape index (κ1) is 14.5. The van der Waals surface area contributed by atoms with Crippen LogP contribution in [-0.2, 0) is 13.0 Å². The smallest absolute Gasteiger partial charge is 0.138 e. The number of aromatic nitrogens is 3. The molecule has 0 fully saturated rings. The summed E-state index contributed by atoms with van der Waals surface area (Å²) in [6, 6.07) is 5.59. The van der Waals surface area contributed by atoms with Gasteiger partial charge in [0.15, 0.2) is 0 Å². The van der Waals surface area contributed by atoms with Gasteiger partial charge in [0.2, 0.25) is 0 Å². The standard InChI is InChI=1S/C13H16BrClN4/c1-2-6-19-12(17-8-18-19)7-11(16)9-4-3-5-10(14)13(9)15/h3-5,8,11H,2,6-7,16H2,1H3. The van der Waals surface area contributed by atoms with Crippen LogP contribution in [0.1, 0.15) is 30.8 Å². The van der Waals surface area contributed by atoms with Crippen molar-refractivity contribution in [3.8, 4) is 0 Å². The first-order chi connectivity index (χ1) is 9.13. The monoisotopic (exact) mass is 342 g/mol. The number of nitrogens with zero attached hydrogens (tertiary/aromatic N) is 3. The van der Waals surface area contributed by atoms with Crippen molar-refractivity contribution in [3.63, 3.8) is 0 Å². The van der Waals surface area contributed by atoms with Crippen LogP contribution in [0.15, 0.2) is 29.0 Å². The summed E-state index contributed by atoms with van der Waals surface area (Å²) < 4.78 is 2.75. The van der Waals surface area contributed by atoms with Gasteiger partial charge in [0.1, 0.15) is 12.2 Å². The highest BCUT2D eigenvalue weighted by atomic mass is 79.9. The van der Waals surface area contributed by atoms with Gasteiger partial charge < -0.3 is 5.73 Å². The lowest BCUT2D eigenvalue weighted by molar-refractivity contribution is 0.548. The van der Waals surface area contributed by atoms with Crippen molar-refractivity contribution < 1.29 is 0 Å². The van der Waals surface area contributed by atoms with E-state index in [-0.39, 0.29) is 6.04 Å². The Bertz CT molecular complexity index is 555. The van der Waals surface area contributed by atoms with Crippen LogP contribution in [0, 0.1) is 0 Å². The Morgan fingerprint density at radius 2 is 2.26 bits per heavy atom. The molecule has 0 saturated heterocycles. The van der Waals surface area contributed by atoms with Gasteiger partial charge in [-0.25, -0.2) is 4.98 Å². The molecule has 2 N–H and O–H groups in total. The molecule has 0 aliphatic heterocycles.